The lowest BCUT2D eigenvalue weighted by Crippen LogP contribution is -2.56. The van der Waals surface area contributed by atoms with Gasteiger partial charge in [0.25, 0.3) is 0 Å². The second-order valence-corrected chi connectivity index (χ2v) is 5.13. The molecule has 0 radical (unpaired) electrons. The number of carbonyl (C=O) groups excluding carboxylic acids is 1. The van der Waals surface area contributed by atoms with Crippen LogP contribution in [0.5, 0.6) is 0 Å². The lowest BCUT2D eigenvalue weighted by molar-refractivity contribution is -0.141. The number of alkyl halides is 2. The topological polar surface area (TPSA) is 50.8 Å². The van der Waals surface area contributed by atoms with Gasteiger partial charge in [-0.05, 0) is 20.8 Å². The smallest absolute Gasteiger partial charge is 0.410 e. The zero-order chi connectivity index (χ0) is 13.8. The van der Waals surface area contributed by atoms with Crippen LogP contribution in [-0.4, -0.2) is 55.5 Å². The number of ether oxygens (including phenoxy) is 2. The van der Waals surface area contributed by atoms with E-state index in [1.165, 1.54) is 4.90 Å². The first kappa shape index (κ1) is 15.1. The van der Waals surface area contributed by atoms with E-state index in [1.54, 1.807) is 20.8 Å². The molecule has 1 aliphatic heterocycles. The molecule has 1 fully saturated rings. The number of nitrogens with one attached hydrogen (secondary N) is 1. The fraction of sp³-hybridized carbons (Fsp3) is 0.909. The van der Waals surface area contributed by atoms with Gasteiger partial charge in [-0.3, -0.25) is 0 Å². The third-order valence-electron chi connectivity index (χ3n) is 2.39. The first-order valence-electron chi connectivity index (χ1n) is 5.89. The minimum absolute atomic E-state index is 0.204. The Morgan fingerprint density at radius 2 is 2.17 bits per heavy atom. The molecule has 0 bridgehead atoms. The molecular formula is C11H20F2N2O3. The summed E-state index contributed by atoms with van der Waals surface area (Å²) < 4.78 is 33.5. The highest BCUT2D eigenvalue weighted by atomic mass is 19.3. The molecule has 106 valence electrons. The number of halogens is 2. The largest absolute Gasteiger partial charge is 0.444 e. The van der Waals surface area contributed by atoms with Crippen molar-refractivity contribution in [3.05, 3.63) is 0 Å². The quantitative estimate of drug-likeness (QED) is 0.839. The van der Waals surface area contributed by atoms with Crippen LogP contribution >= 0.6 is 0 Å². The first-order chi connectivity index (χ1) is 8.29. The molecule has 1 atom stereocenters. The van der Waals surface area contributed by atoms with Gasteiger partial charge in [0.05, 0.1) is 12.6 Å². The molecule has 1 rings (SSSR count). The lowest BCUT2D eigenvalue weighted by Gasteiger charge is -2.36. The van der Waals surface area contributed by atoms with Crippen LogP contribution in [0.4, 0.5) is 13.6 Å². The second kappa shape index (κ2) is 6.29. The third-order valence-corrected chi connectivity index (χ3v) is 2.39. The van der Waals surface area contributed by atoms with Crippen molar-refractivity contribution in [2.24, 2.45) is 0 Å². The predicted molar refractivity (Wildman–Crippen MR) is 61.6 cm³/mol. The zero-order valence-corrected chi connectivity index (χ0v) is 10.9. The molecule has 7 heteroatoms. The molecule has 0 spiro atoms. The van der Waals surface area contributed by atoms with Gasteiger partial charge >= 0.3 is 12.7 Å². The summed E-state index contributed by atoms with van der Waals surface area (Å²) in [4.78, 5) is 13.3. The van der Waals surface area contributed by atoms with E-state index < -0.39 is 24.3 Å². The van der Waals surface area contributed by atoms with E-state index in [2.05, 4.69) is 10.1 Å². The van der Waals surface area contributed by atoms with Gasteiger partial charge in [-0.1, -0.05) is 0 Å². The summed E-state index contributed by atoms with van der Waals surface area (Å²) in [5.41, 5.74) is -0.601. The maximum atomic E-state index is 12.0. The Bertz CT molecular complexity index is 282. The van der Waals surface area contributed by atoms with Crippen LogP contribution in [0, 0.1) is 0 Å². The highest BCUT2D eigenvalue weighted by Crippen LogP contribution is 2.14. The molecule has 0 saturated carbocycles. The summed E-state index contributed by atoms with van der Waals surface area (Å²) in [7, 11) is 0. The highest BCUT2D eigenvalue weighted by Gasteiger charge is 2.30. The van der Waals surface area contributed by atoms with Crippen molar-refractivity contribution in [1.29, 1.82) is 0 Å². The van der Waals surface area contributed by atoms with Gasteiger partial charge in [-0.25, -0.2) is 4.79 Å². The second-order valence-electron chi connectivity index (χ2n) is 5.13. The van der Waals surface area contributed by atoms with Gasteiger partial charge < -0.3 is 19.7 Å². The van der Waals surface area contributed by atoms with Gasteiger partial charge in [0.2, 0.25) is 0 Å². The van der Waals surface area contributed by atoms with Crippen molar-refractivity contribution in [3.8, 4) is 0 Å². The fourth-order valence-corrected chi connectivity index (χ4v) is 1.65. The molecule has 1 amide bonds. The third kappa shape index (κ3) is 5.14. The Morgan fingerprint density at radius 1 is 1.50 bits per heavy atom. The normalized spacial score (nSPS) is 21.2. The highest BCUT2D eigenvalue weighted by molar-refractivity contribution is 5.68. The molecule has 0 aliphatic carbocycles. The van der Waals surface area contributed by atoms with Crippen molar-refractivity contribution in [2.45, 2.75) is 39.0 Å². The Kier molecular flexibility index (Phi) is 5.28. The van der Waals surface area contributed by atoms with E-state index in [0.717, 1.165) is 0 Å². The number of carbonyl (C=O) groups is 1. The molecule has 0 aromatic rings. The van der Waals surface area contributed by atoms with E-state index >= 15 is 0 Å². The monoisotopic (exact) mass is 266 g/mol. The van der Waals surface area contributed by atoms with Crippen LogP contribution in [0.25, 0.3) is 0 Å². The molecule has 1 saturated heterocycles. The number of amides is 1. The maximum Gasteiger partial charge on any atom is 0.410 e. The van der Waals surface area contributed by atoms with E-state index in [4.69, 9.17) is 4.74 Å². The van der Waals surface area contributed by atoms with E-state index in [1.807, 2.05) is 0 Å². The Hall–Kier alpha value is -0.950. The Balaban J connectivity index is 2.55. The van der Waals surface area contributed by atoms with Crippen molar-refractivity contribution >= 4 is 6.09 Å². The fourth-order valence-electron chi connectivity index (χ4n) is 1.65. The summed E-state index contributed by atoms with van der Waals surface area (Å²) in [6.45, 7) is 3.71. The van der Waals surface area contributed by atoms with Crippen LogP contribution in [0.1, 0.15) is 20.8 Å². The molecule has 18 heavy (non-hydrogen) atoms. The van der Waals surface area contributed by atoms with Gasteiger partial charge in [0.15, 0.2) is 0 Å². The molecule has 0 aromatic carbocycles. The summed E-state index contributed by atoms with van der Waals surface area (Å²) in [6.07, 6.45) is -0.494. The van der Waals surface area contributed by atoms with Crippen LogP contribution in [0.15, 0.2) is 0 Å². The molecule has 1 N–H and O–H groups in total. The van der Waals surface area contributed by atoms with Crippen LogP contribution in [0.3, 0.4) is 0 Å². The summed E-state index contributed by atoms with van der Waals surface area (Å²) in [6, 6.07) is -0.428. The van der Waals surface area contributed by atoms with Gasteiger partial charge in [-0.15, -0.1) is 0 Å². The summed E-state index contributed by atoms with van der Waals surface area (Å²) in [5.74, 6) is 0. The van der Waals surface area contributed by atoms with E-state index in [0.29, 0.717) is 19.6 Å². The molecule has 0 unspecified atom stereocenters. The predicted octanol–water partition coefficient (Wildman–Crippen LogP) is 1.43. The van der Waals surface area contributed by atoms with Crippen molar-refractivity contribution in [2.75, 3.05) is 26.2 Å². The lowest BCUT2D eigenvalue weighted by atomic mass is 10.2. The molecular weight excluding hydrogens is 246 g/mol. The first-order valence-corrected chi connectivity index (χ1v) is 5.89. The molecule has 0 aromatic heterocycles. The standard InChI is InChI=1S/C11H20F2N2O3/c1-11(2,3)18-10(16)15-5-4-14-6-8(15)7-17-9(12)13/h8-9,14H,4-7H2,1-3H3/t8-/m0/s1. The van der Waals surface area contributed by atoms with Gasteiger partial charge in [-0.2, -0.15) is 8.78 Å². The Labute approximate surface area is 105 Å². The van der Waals surface area contributed by atoms with Crippen molar-refractivity contribution in [3.63, 3.8) is 0 Å². The van der Waals surface area contributed by atoms with Crippen LogP contribution in [0.2, 0.25) is 0 Å². The average molecular weight is 266 g/mol. The molecule has 1 heterocycles. The van der Waals surface area contributed by atoms with Crippen LogP contribution in [-0.2, 0) is 9.47 Å². The number of nitrogens with zero attached hydrogens (tertiary/aromatic N) is 1. The SMILES string of the molecule is CC(C)(C)OC(=O)N1CCNC[C@H]1COC(F)F. The van der Waals surface area contributed by atoms with Crippen molar-refractivity contribution in [1.82, 2.24) is 10.2 Å². The maximum absolute atomic E-state index is 12.0. The number of hydrogen-bond acceptors (Lipinski definition) is 4. The molecule has 1 aliphatic rings. The van der Waals surface area contributed by atoms with E-state index in [9.17, 15) is 13.6 Å². The zero-order valence-electron chi connectivity index (χ0n) is 10.9. The van der Waals surface area contributed by atoms with Crippen LogP contribution < -0.4 is 5.32 Å². The van der Waals surface area contributed by atoms with Gasteiger partial charge in [0.1, 0.15) is 5.60 Å². The molecule has 5 nitrogen and oxygen atoms in total. The summed E-state index contributed by atoms with van der Waals surface area (Å²) >= 11 is 0. The van der Waals surface area contributed by atoms with Crippen molar-refractivity contribution < 1.29 is 23.0 Å². The minimum Gasteiger partial charge on any atom is -0.444 e. The van der Waals surface area contributed by atoms with E-state index in [-0.39, 0.29) is 6.61 Å². The average Bonchev–Trinajstić information content (AvgIpc) is 2.24. The number of rotatable bonds is 3. The van der Waals surface area contributed by atoms with Gasteiger partial charge in [0, 0.05) is 19.6 Å². The number of hydrogen-bond donors (Lipinski definition) is 1. The Morgan fingerprint density at radius 3 is 2.72 bits per heavy atom. The minimum atomic E-state index is -2.83. The summed E-state index contributed by atoms with van der Waals surface area (Å²) in [5, 5.41) is 3.03. The number of piperazine rings is 1.